The van der Waals surface area contributed by atoms with Crippen LogP contribution in [0.1, 0.15) is 67.8 Å². The number of hydrogen-bond donors (Lipinski definition) is 0. The van der Waals surface area contributed by atoms with Gasteiger partial charge in [0.1, 0.15) is 0 Å². The molecule has 1 amide bonds. The van der Waals surface area contributed by atoms with Gasteiger partial charge in [0, 0.05) is 31.7 Å². The van der Waals surface area contributed by atoms with Gasteiger partial charge in [-0.2, -0.15) is 0 Å². The second-order valence-electron chi connectivity index (χ2n) is 7.89. The summed E-state index contributed by atoms with van der Waals surface area (Å²) in [6, 6.07) is 8.75. The van der Waals surface area contributed by atoms with E-state index >= 15 is 0 Å². The van der Waals surface area contributed by atoms with Crippen molar-refractivity contribution >= 4 is 5.91 Å². The van der Waals surface area contributed by atoms with Gasteiger partial charge in [-0.05, 0) is 55.8 Å². The lowest BCUT2D eigenvalue weighted by molar-refractivity contribution is 0.0696. The van der Waals surface area contributed by atoms with Crippen LogP contribution in [0, 0.1) is 5.92 Å². The molecule has 1 unspecified atom stereocenters. The summed E-state index contributed by atoms with van der Waals surface area (Å²) in [6.07, 6.45) is 8.83. The Morgan fingerprint density at radius 1 is 1.08 bits per heavy atom. The highest BCUT2D eigenvalue weighted by molar-refractivity contribution is 5.94. The van der Waals surface area contributed by atoms with Gasteiger partial charge in [-0.25, -0.2) is 0 Å². The maximum atomic E-state index is 12.7. The van der Waals surface area contributed by atoms with Crippen LogP contribution >= 0.6 is 0 Å². The first-order chi connectivity index (χ1) is 11.6. The van der Waals surface area contributed by atoms with E-state index in [4.69, 9.17) is 0 Å². The van der Waals surface area contributed by atoms with Gasteiger partial charge in [0.25, 0.3) is 5.91 Å². The zero-order chi connectivity index (χ0) is 16.9. The van der Waals surface area contributed by atoms with E-state index in [1.165, 1.54) is 50.8 Å². The van der Waals surface area contributed by atoms with Crippen LogP contribution in [0.15, 0.2) is 24.3 Å². The molecule has 1 saturated carbocycles. The lowest BCUT2D eigenvalue weighted by atomic mass is 9.94. The smallest absolute Gasteiger partial charge is 0.253 e. The number of amides is 1. The summed E-state index contributed by atoms with van der Waals surface area (Å²) in [6.45, 7) is 5.76. The molecule has 1 atom stereocenters. The molecule has 3 heteroatoms. The van der Waals surface area contributed by atoms with E-state index in [1.54, 1.807) is 0 Å². The van der Waals surface area contributed by atoms with Crippen LogP contribution in [0.25, 0.3) is 0 Å². The van der Waals surface area contributed by atoms with Gasteiger partial charge in [0.05, 0.1) is 0 Å². The number of nitrogens with zero attached hydrogens (tertiary/aromatic N) is 2. The quantitative estimate of drug-likeness (QED) is 0.821. The van der Waals surface area contributed by atoms with Crippen LogP contribution in [-0.2, 0) is 6.54 Å². The van der Waals surface area contributed by atoms with Gasteiger partial charge in [-0.3, -0.25) is 9.69 Å². The van der Waals surface area contributed by atoms with Crippen LogP contribution in [-0.4, -0.2) is 41.9 Å². The fourth-order valence-corrected chi connectivity index (χ4v) is 4.28. The van der Waals surface area contributed by atoms with Gasteiger partial charge in [0.15, 0.2) is 0 Å². The highest BCUT2D eigenvalue weighted by atomic mass is 16.2. The monoisotopic (exact) mass is 328 g/mol. The van der Waals surface area contributed by atoms with Crippen LogP contribution < -0.4 is 0 Å². The van der Waals surface area contributed by atoms with E-state index in [2.05, 4.69) is 24.0 Å². The molecule has 3 nitrogen and oxygen atoms in total. The number of benzene rings is 1. The molecule has 132 valence electrons. The minimum absolute atomic E-state index is 0.181. The number of rotatable bonds is 4. The summed E-state index contributed by atoms with van der Waals surface area (Å²) in [4.78, 5) is 17.2. The average molecular weight is 329 g/mol. The molecule has 1 aliphatic carbocycles. The number of carbonyl (C=O) groups excluding carboxylic acids is 1. The molecule has 1 heterocycles. The van der Waals surface area contributed by atoms with Crippen LogP contribution in [0.5, 0.6) is 0 Å². The first-order valence-corrected chi connectivity index (χ1v) is 9.72. The Kier molecular flexibility index (Phi) is 5.94. The topological polar surface area (TPSA) is 23.6 Å². The summed E-state index contributed by atoms with van der Waals surface area (Å²) in [7, 11) is 1.97. The second-order valence-corrected chi connectivity index (χ2v) is 7.89. The lowest BCUT2D eigenvalue weighted by Gasteiger charge is -2.31. The largest absolute Gasteiger partial charge is 0.339 e. The molecule has 0 bridgehead atoms. The van der Waals surface area contributed by atoms with Crippen molar-refractivity contribution < 1.29 is 4.79 Å². The minimum atomic E-state index is 0.181. The molecule has 2 fully saturated rings. The maximum Gasteiger partial charge on any atom is 0.253 e. The average Bonchev–Trinajstić information content (AvgIpc) is 2.62. The normalized spacial score (nSPS) is 23.2. The Morgan fingerprint density at radius 3 is 2.46 bits per heavy atom. The van der Waals surface area contributed by atoms with Crippen molar-refractivity contribution in [2.45, 2.75) is 64.5 Å². The molecule has 1 saturated heterocycles. The van der Waals surface area contributed by atoms with Crippen molar-refractivity contribution in [3.63, 3.8) is 0 Å². The van der Waals surface area contributed by atoms with Crippen LogP contribution in [0.2, 0.25) is 0 Å². The Balaban J connectivity index is 1.58. The third-order valence-corrected chi connectivity index (χ3v) is 5.79. The highest BCUT2D eigenvalue weighted by Crippen LogP contribution is 2.23. The number of hydrogen-bond acceptors (Lipinski definition) is 2. The van der Waals surface area contributed by atoms with Crippen molar-refractivity contribution in [1.29, 1.82) is 0 Å². The van der Waals surface area contributed by atoms with Crippen molar-refractivity contribution in [3.05, 3.63) is 35.4 Å². The molecule has 0 aromatic heterocycles. The Morgan fingerprint density at radius 2 is 1.79 bits per heavy atom. The zero-order valence-electron chi connectivity index (χ0n) is 15.3. The van der Waals surface area contributed by atoms with Gasteiger partial charge < -0.3 is 4.90 Å². The molecule has 1 aromatic carbocycles. The molecular weight excluding hydrogens is 296 g/mol. The molecule has 0 radical (unpaired) electrons. The van der Waals surface area contributed by atoms with E-state index in [0.717, 1.165) is 30.9 Å². The van der Waals surface area contributed by atoms with E-state index in [9.17, 15) is 4.79 Å². The van der Waals surface area contributed by atoms with Gasteiger partial charge >= 0.3 is 0 Å². The summed E-state index contributed by atoms with van der Waals surface area (Å²) in [5.41, 5.74) is 2.15. The standard InChI is InChI=1S/C21H32N2O/c1-17-7-6-14-23(15-17)16-18-10-12-19(13-11-18)21(24)22(2)20-8-4-3-5-9-20/h10-13,17,20H,3-9,14-16H2,1-2H3. The predicted molar refractivity (Wildman–Crippen MR) is 99.1 cm³/mol. The lowest BCUT2D eigenvalue weighted by Crippen LogP contribution is -2.38. The zero-order valence-corrected chi connectivity index (χ0v) is 15.3. The van der Waals surface area contributed by atoms with E-state index < -0.39 is 0 Å². The van der Waals surface area contributed by atoms with Gasteiger partial charge in [-0.15, -0.1) is 0 Å². The summed E-state index contributed by atoms with van der Waals surface area (Å²) >= 11 is 0. The third-order valence-electron chi connectivity index (χ3n) is 5.79. The summed E-state index contributed by atoms with van der Waals surface area (Å²) < 4.78 is 0. The predicted octanol–water partition coefficient (Wildman–Crippen LogP) is 4.32. The van der Waals surface area contributed by atoms with E-state index in [0.29, 0.717) is 6.04 Å². The van der Waals surface area contributed by atoms with Gasteiger partial charge in [-0.1, -0.05) is 38.3 Å². The SMILES string of the molecule is CC1CCCN(Cc2ccc(C(=O)N(C)C3CCCCC3)cc2)C1. The molecule has 1 aromatic rings. The van der Waals surface area contributed by atoms with Crippen molar-refractivity contribution in [2.24, 2.45) is 5.92 Å². The summed E-state index contributed by atoms with van der Waals surface area (Å²) in [5.74, 6) is 0.990. The number of likely N-dealkylation sites (tertiary alicyclic amines) is 1. The molecular formula is C21H32N2O. The van der Waals surface area contributed by atoms with E-state index in [-0.39, 0.29) is 5.91 Å². The number of piperidine rings is 1. The second kappa shape index (κ2) is 8.15. The van der Waals surface area contributed by atoms with Gasteiger partial charge in [0.2, 0.25) is 0 Å². The molecule has 2 aliphatic rings. The van der Waals surface area contributed by atoms with Crippen LogP contribution in [0.4, 0.5) is 0 Å². The molecule has 1 aliphatic heterocycles. The highest BCUT2D eigenvalue weighted by Gasteiger charge is 2.23. The minimum Gasteiger partial charge on any atom is -0.339 e. The third kappa shape index (κ3) is 4.38. The Hall–Kier alpha value is -1.35. The fraction of sp³-hybridized carbons (Fsp3) is 0.667. The Labute approximate surface area is 147 Å². The summed E-state index contributed by atoms with van der Waals surface area (Å²) in [5, 5.41) is 0. The van der Waals surface area contributed by atoms with Crippen LogP contribution in [0.3, 0.4) is 0 Å². The first kappa shape index (κ1) is 17.5. The van der Waals surface area contributed by atoms with Crippen molar-refractivity contribution in [3.8, 4) is 0 Å². The first-order valence-electron chi connectivity index (χ1n) is 9.72. The molecule has 24 heavy (non-hydrogen) atoms. The fourth-order valence-electron chi connectivity index (χ4n) is 4.28. The molecule has 0 N–H and O–H groups in total. The number of carbonyl (C=O) groups is 1. The van der Waals surface area contributed by atoms with Crippen molar-refractivity contribution in [2.75, 3.05) is 20.1 Å². The Bertz CT molecular complexity index is 533. The molecule has 3 rings (SSSR count). The molecule has 0 spiro atoms. The maximum absolute atomic E-state index is 12.7. The van der Waals surface area contributed by atoms with E-state index in [1.807, 2.05) is 24.1 Å². The van der Waals surface area contributed by atoms with Crippen molar-refractivity contribution in [1.82, 2.24) is 9.80 Å².